The van der Waals surface area contributed by atoms with Crippen LogP contribution in [0.4, 0.5) is 0 Å². The Morgan fingerprint density at radius 3 is 2.73 bits per heavy atom. The molecular weight excluding hydrogens is 437 g/mol. The van der Waals surface area contributed by atoms with Gasteiger partial charge >= 0.3 is 0 Å². The molecule has 0 atom stereocenters. The van der Waals surface area contributed by atoms with Gasteiger partial charge in [0.15, 0.2) is 5.96 Å². The Kier molecular flexibility index (Phi) is 8.67. The van der Waals surface area contributed by atoms with Gasteiger partial charge in [-0.3, -0.25) is 4.99 Å². The molecule has 0 unspecified atom stereocenters. The molecule has 2 N–H and O–H groups in total. The molecule has 1 heterocycles. The fourth-order valence-corrected chi connectivity index (χ4v) is 3.05. The van der Waals surface area contributed by atoms with Gasteiger partial charge in [-0.25, -0.2) is 4.68 Å². The van der Waals surface area contributed by atoms with Crippen molar-refractivity contribution in [3.8, 4) is 5.69 Å². The molecule has 1 aliphatic rings. The van der Waals surface area contributed by atoms with E-state index in [2.05, 4.69) is 26.8 Å². The highest BCUT2D eigenvalue weighted by molar-refractivity contribution is 14.0. The Hall–Kier alpha value is -1.83. The van der Waals surface area contributed by atoms with Crippen molar-refractivity contribution in [2.45, 2.75) is 38.6 Å². The third-order valence-electron chi connectivity index (χ3n) is 4.45. The third kappa shape index (κ3) is 6.16. The Bertz CT molecular complexity index is 721. The molecule has 1 aliphatic carbocycles. The van der Waals surface area contributed by atoms with Gasteiger partial charge in [-0.05, 0) is 50.3 Å². The average molecular weight is 465 g/mol. The van der Waals surface area contributed by atoms with Gasteiger partial charge in [-0.15, -0.1) is 24.0 Å². The van der Waals surface area contributed by atoms with Gasteiger partial charge in [0.05, 0.1) is 17.9 Å². The fourth-order valence-electron chi connectivity index (χ4n) is 3.05. The van der Waals surface area contributed by atoms with Crippen LogP contribution < -0.4 is 10.6 Å². The SMILES string of the molecule is CN=C(NCCC1=CCCCC1)NCc1ccn(-c2ccccc2)n1.I. The molecule has 0 aliphatic heterocycles. The first-order valence-corrected chi connectivity index (χ1v) is 9.07. The lowest BCUT2D eigenvalue weighted by Gasteiger charge is -2.14. The number of benzene rings is 1. The van der Waals surface area contributed by atoms with Crippen LogP contribution in [0.25, 0.3) is 5.69 Å². The van der Waals surface area contributed by atoms with E-state index in [1.807, 2.05) is 47.3 Å². The third-order valence-corrected chi connectivity index (χ3v) is 4.45. The summed E-state index contributed by atoms with van der Waals surface area (Å²) in [6.07, 6.45) is 10.7. The van der Waals surface area contributed by atoms with E-state index in [9.17, 15) is 0 Å². The number of hydrogen-bond acceptors (Lipinski definition) is 2. The standard InChI is InChI=1S/C20H27N5.HI/c1-21-20(22-14-12-17-8-4-2-5-9-17)23-16-18-13-15-25(24-18)19-10-6-3-7-11-19;/h3,6-8,10-11,13,15H,2,4-5,9,12,14,16H2,1H3,(H2,21,22,23);1H. The van der Waals surface area contributed by atoms with Crippen LogP contribution in [0.3, 0.4) is 0 Å². The Morgan fingerprint density at radius 1 is 1.15 bits per heavy atom. The zero-order chi connectivity index (χ0) is 17.3. The molecule has 0 bridgehead atoms. The van der Waals surface area contributed by atoms with Crippen LogP contribution in [-0.4, -0.2) is 29.3 Å². The molecule has 6 heteroatoms. The lowest BCUT2D eigenvalue weighted by molar-refractivity contribution is 0.664. The van der Waals surface area contributed by atoms with Crippen LogP contribution in [0.5, 0.6) is 0 Å². The normalized spacial score (nSPS) is 14.3. The van der Waals surface area contributed by atoms with E-state index in [0.29, 0.717) is 6.54 Å². The quantitative estimate of drug-likeness (QED) is 0.293. The summed E-state index contributed by atoms with van der Waals surface area (Å²) >= 11 is 0. The molecule has 0 spiro atoms. The molecule has 0 radical (unpaired) electrons. The van der Waals surface area contributed by atoms with E-state index >= 15 is 0 Å². The van der Waals surface area contributed by atoms with Crippen molar-refractivity contribution >= 4 is 29.9 Å². The lowest BCUT2D eigenvalue weighted by atomic mass is 9.97. The van der Waals surface area contributed by atoms with Gasteiger partial charge in [0.2, 0.25) is 0 Å². The summed E-state index contributed by atoms with van der Waals surface area (Å²) in [6.45, 7) is 1.58. The molecule has 2 aromatic rings. The number of nitrogens with zero attached hydrogens (tertiary/aromatic N) is 3. The average Bonchev–Trinajstić information content (AvgIpc) is 3.15. The molecule has 140 valence electrons. The summed E-state index contributed by atoms with van der Waals surface area (Å²) in [4.78, 5) is 4.29. The molecule has 0 saturated heterocycles. The summed E-state index contributed by atoms with van der Waals surface area (Å²) in [5, 5.41) is 11.3. The summed E-state index contributed by atoms with van der Waals surface area (Å²) in [5.41, 5.74) is 3.63. The van der Waals surface area contributed by atoms with Gasteiger partial charge < -0.3 is 10.6 Å². The smallest absolute Gasteiger partial charge is 0.191 e. The molecule has 5 nitrogen and oxygen atoms in total. The van der Waals surface area contributed by atoms with Crippen LogP contribution in [0.15, 0.2) is 59.2 Å². The maximum absolute atomic E-state index is 4.60. The largest absolute Gasteiger partial charge is 0.356 e. The van der Waals surface area contributed by atoms with Crippen LogP contribution in [0.2, 0.25) is 0 Å². The van der Waals surface area contributed by atoms with Crippen molar-refractivity contribution in [1.29, 1.82) is 0 Å². The van der Waals surface area contributed by atoms with E-state index in [1.165, 1.54) is 25.7 Å². The molecule has 1 aromatic carbocycles. The summed E-state index contributed by atoms with van der Waals surface area (Å²) < 4.78 is 1.89. The highest BCUT2D eigenvalue weighted by atomic mass is 127. The zero-order valence-electron chi connectivity index (χ0n) is 15.3. The van der Waals surface area contributed by atoms with Crippen molar-refractivity contribution in [2.75, 3.05) is 13.6 Å². The number of nitrogens with one attached hydrogen (secondary N) is 2. The van der Waals surface area contributed by atoms with Gasteiger partial charge in [0.1, 0.15) is 0 Å². The summed E-state index contributed by atoms with van der Waals surface area (Å²) in [5.74, 6) is 0.825. The number of allylic oxidation sites excluding steroid dienone is 1. The monoisotopic (exact) mass is 465 g/mol. The number of halogens is 1. The topological polar surface area (TPSA) is 54.2 Å². The number of guanidine groups is 1. The van der Waals surface area contributed by atoms with Crippen LogP contribution in [0.1, 0.15) is 37.8 Å². The highest BCUT2D eigenvalue weighted by Gasteiger charge is 2.05. The number of rotatable bonds is 6. The highest BCUT2D eigenvalue weighted by Crippen LogP contribution is 2.19. The van der Waals surface area contributed by atoms with E-state index in [-0.39, 0.29) is 24.0 Å². The second-order valence-electron chi connectivity index (χ2n) is 6.30. The lowest BCUT2D eigenvalue weighted by Crippen LogP contribution is -2.37. The van der Waals surface area contributed by atoms with Gasteiger partial charge in [-0.1, -0.05) is 29.8 Å². The van der Waals surface area contributed by atoms with Gasteiger partial charge in [0, 0.05) is 19.8 Å². The second-order valence-corrected chi connectivity index (χ2v) is 6.30. The number of aromatic nitrogens is 2. The zero-order valence-corrected chi connectivity index (χ0v) is 17.6. The minimum atomic E-state index is 0. The Labute approximate surface area is 173 Å². The van der Waals surface area contributed by atoms with Crippen LogP contribution in [0, 0.1) is 0 Å². The maximum atomic E-state index is 4.60. The molecule has 1 aromatic heterocycles. The molecule has 0 saturated carbocycles. The molecule has 0 amide bonds. The summed E-state index contributed by atoms with van der Waals surface area (Å²) in [6, 6.07) is 12.2. The minimum absolute atomic E-state index is 0. The van der Waals surface area contributed by atoms with Crippen LogP contribution in [-0.2, 0) is 6.54 Å². The minimum Gasteiger partial charge on any atom is -0.356 e. The van der Waals surface area contributed by atoms with Crippen molar-refractivity contribution in [1.82, 2.24) is 20.4 Å². The molecule has 0 fully saturated rings. The molecule has 26 heavy (non-hydrogen) atoms. The van der Waals surface area contributed by atoms with E-state index in [4.69, 9.17) is 0 Å². The van der Waals surface area contributed by atoms with Crippen LogP contribution >= 0.6 is 24.0 Å². The number of hydrogen-bond donors (Lipinski definition) is 2. The summed E-state index contributed by atoms with van der Waals surface area (Å²) in [7, 11) is 1.80. The van der Waals surface area contributed by atoms with Crippen molar-refractivity contribution in [3.05, 3.63) is 59.9 Å². The molecule has 3 rings (SSSR count). The Morgan fingerprint density at radius 2 is 2.00 bits per heavy atom. The number of aliphatic imine (C=N–C) groups is 1. The van der Waals surface area contributed by atoms with Crippen molar-refractivity contribution in [3.63, 3.8) is 0 Å². The first-order chi connectivity index (χ1) is 12.3. The van der Waals surface area contributed by atoms with Gasteiger partial charge in [-0.2, -0.15) is 5.10 Å². The fraction of sp³-hybridized carbons (Fsp3) is 0.400. The van der Waals surface area contributed by atoms with Crippen molar-refractivity contribution < 1.29 is 0 Å². The molecular formula is C20H28IN5. The predicted octanol–water partition coefficient (Wildman–Crippen LogP) is 4.05. The first kappa shape index (κ1) is 20.5. The predicted molar refractivity (Wildman–Crippen MR) is 118 cm³/mol. The Balaban J connectivity index is 0.00000243. The van der Waals surface area contributed by atoms with E-state index < -0.39 is 0 Å². The maximum Gasteiger partial charge on any atom is 0.191 e. The number of para-hydroxylation sites is 1. The second kappa shape index (κ2) is 11.0. The first-order valence-electron chi connectivity index (χ1n) is 9.07. The van der Waals surface area contributed by atoms with Gasteiger partial charge in [0.25, 0.3) is 0 Å². The van der Waals surface area contributed by atoms with E-state index in [0.717, 1.165) is 30.3 Å². The van der Waals surface area contributed by atoms with Crippen molar-refractivity contribution in [2.24, 2.45) is 4.99 Å². The van der Waals surface area contributed by atoms with E-state index in [1.54, 1.807) is 12.6 Å².